The fourth-order valence-corrected chi connectivity index (χ4v) is 5.18. The van der Waals surface area contributed by atoms with Crippen molar-refractivity contribution in [3.63, 3.8) is 0 Å². The highest BCUT2D eigenvalue weighted by atomic mass is 32.1. The molecule has 38 heavy (non-hydrogen) atoms. The molecule has 0 atom stereocenters. The monoisotopic (exact) mass is 521 g/mol. The van der Waals surface area contributed by atoms with Gasteiger partial charge in [0.2, 0.25) is 5.13 Å². The number of anilines is 1. The summed E-state index contributed by atoms with van der Waals surface area (Å²) in [6, 6.07) is 27.7. The number of aromatic nitrogens is 4. The number of carbonyl (C=O) groups excluding carboxylic acids is 1. The maximum absolute atomic E-state index is 14.2. The van der Waals surface area contributed by atoms with Gasteiger partial charge in [0.1, 0.15) is 11.4 Å². The first-order chi connectivity index (χ1) is 18.7. The lowest BCUT2D eigenvalue weighted by atomic mass is 9.92. The van der Waals surface area contributed by atoms with Crippen molar-refractivity contribution in [2.45, 2.75) is 6.42 Å². The van der Waals surface area contributed by atoms with Crippen molar-refractivity contribution in [1.29, 1.82) is 0 Å². The molecule has 0 radical (unpaired) electrons. The van der Waals surface area contributed by atoms with Gasteiger partial charge in [-0.15, -0.1) is 4.37 Å². The van der Waals surface area contributed by atoms with Crippen LogP contribution in [0.2, 0.25) is 0 Å². The second-order valence-corrected chi connectivity index (χ2v) is 9.34. The highest BCUT2D eigenvalue weighted by Gasteiger charge is 2.33. The number of rotatable bonds is 7. The van der Waals surface area contributed by atoms with Gasteiger partial charge in [-0.25, -0.2) is 0 Å². The largest absolute Gasteiger partial charge is 0.497 e. The quantitative estimate of drug-likeness (QED) is 0.289. The van der Waals surface area contributed by atoms with Gasteiger partial charge < -0.3 is 14.8 Å². The molecule has 1 aliphatic rings. The van der Waals surface area contributed by atoms with Gasteiger partial charge in [0.15, 0.2) is 0 Å². The Bertz CT molecular complexity index is 1640. The Morgan fingerprint density at radius 3 is 2.16 bits per heavy atom. The second kappa shape index (κ2) is 9.95. The van der Waals surface area contributed by atoms with Crippen LogP contribution < -0.4 is 14.8 Å². The van der Waals surface area contributed by atoms with Crippen LogP contribution in [0, 0.1) is 0 Å². The predicted octanol–water partition coefficient (Wildman–Crippen LogP) is 5.81. The molecule has 0 spiro atoms. The molecule has 0 fully saturated rings. The minimum Gasteiger partial charge on any atom is -0.497 e. The van der Waals surface area contributed by atoms with Crippen molar-refractivity contribution in [1.82, 2.24) is 19.1 Å². The minimum atomic E-state index is -0.227. The maximum atomic E-state index is 14.2. The zero-order valence-electron chi connectivity index (χ0n) is 20.7. The van der Waals surface area contributed by atoms with Crippen LogP contribution in [0.25, 0.3) is 28.0 Å². The molecule has 0 unspecified atom stereocenters. The van der Waals surface area contributed by atoms with Crippen molar-refractivity contribution in [2.75, 3.05) is 19.5 Å². The van der Waals surface area contributed by atoms with Gasteiger partial charge in [-0.05, 0) is 23.3 Å². The summed E-state index contributed by atoms with van der Waals surface area (Å²) in [4.78, 5) is 18.6. The average Bonchev–Trinajstić information content (AvgIpc) is 3.59. The summed E-state index contributed by atoms with van der Waals surface area (Å²) in [5.74, 6) is 0.480. The number of benzene rings is 3. The van der Waals surface area contributed by atoms with Gasteiger partial charge in [-0.2, -0.15) is 14.8 Å². The highest BCUT2D eigenvalue weighted by Crippen LogP contribution is 2.40. The summed E-state index contributed by atoms with van der Waals surface area (Å²) in [6.07, 6.45) is 0.430. The molecular weight excluding hydrogens is 498 g/mol. The van der Waals surface area contributed by atoms with E-state index in [0.29, 0.717) is 28.6 Å². The first-order valence-corrected chi connectivity index (χ1v) is 12.7. The Morgan fingerprint density at radius 1 is 0.842 bits per heavy atom. The Balaban J connectivity index is 1.54. The molecule has 3 heterocycles. The molecule has 6 rings (SSSR count). The first-order valence-electron chi connectivity index (χ1n) is 12.0. The molecule has 9 heteroatoms. The van der Waals surface area contributed by atoms with Crippen molar-refractivity contribution in [3.8, 4) is 34.1 Å². The van der Waals surface area contributed by atoms with E-state index in [1.165, 1.54) is 23.3 Å². The van der Waals surface area contributed by atoms with Crippen molar-refractivity contribution in [2.24, 2.45) is 0 Å². The van der Waals surface area contributed by atoms with Crippen LogP contribution in [0.15, 0.2) is 90.6 Å². The van der Waals surface area contributed by atoms with Gasteiger partial charge in [-0.3, -0.25) is 4.79 Å². The average molecular weight is 522 g/mol. The minimum absolute atomic E-state index is 0.227. The Kier molecular flexibility index (Phi) is 6.19. The Labute approximate surface area is 223 Å². The fourth-order valence-electron chi connectivity index (χ4n) is 4.62. The molecule has 188 valence electrons. The lowest BCUT2D eigenvalue weighted by Gasteiger charge is -2.22. The number of nitrogens with one attached hydrogen (secondary N) is 1. The number of ether oxygens (including phenoxy) is 2. The van der Waals surface area contributed by atoms with Crippen molar-refractivity contribution < 1.29 is 14.3 Å². The van der Waals surface area contributed by atoms with E-state index in [-0.39, 0.29) is 11.9 Å². The third-order valence-electron chi connectivity index (χ3n) is 6.37. The van der Waals surface area contributed by atoms with Crippen LogP contribution in [0.5, 0.6) is 11.8 Å². The standard InChI is InChI=1S/C29H23N5O3S/c1-36-21-15-13-19(14-16-21)24-22(30-29-31-28(37-2)33-38-29)17-23-25(18-9-5-3-6-10-18)26(32-34(23)27(24)35)20-11-7-4-8-12-20/h3-16H,17H2,1-2H3,(H,30,31,33). The van der Waals surface area contributed by atoms with E-state index in [1.54, 1.807) is 7.11 Å². The van der Waals surface area contributed by atoms with E-state index in [1.807, 2.05) is 84.9 Å². The third kappa shape index (κ3) is 4.22. The van der Waals surface area contributed by atoms with Crippen LogP contribution in [-0.2, 0) is 6.42 Å². The molecule has 0 amide bonds. The second-order valence-electron chi connectivity index (χ2n) is 8.59. The molecule has 1 aliphatic heterocycles. The lowest BCUT2D eigenvalue weighted by Crippen LogP contribution is -2.26. The van der Waals surface area contributed by atoms with Crippen LogP contribution in [0.3, 0.4) is 0 Å². The number of hydrogen-bond donors (Lipinski definition) is 1. The topological polar surface area (TPSA) is 91.2 Å². The van der Waals surface area contributed by atoms with E-state index >= 15 is 0 Å². The van der Waals surface area contributed by atoms with Crippen LogP contribution in [-0.4, -0.2) is 39.3 Å². The van der Waals surface area contributed by atoms with Gasteiger partial charge in [0.25, 0.3) is 5.91 Å². The molecule has 5 aromatic rings. The molecule has 0 saturated heterocycles. The van der Waals surface area contributed by atoms with Gasteiger partial charge in [0, 0.05) is 34.8 Å². The normalized spacial score (nSPS) is 12.8. The van der Waals surface area contributed by atoms with Crippen LogP contribution in [0.4, 0.5) is 5.13 Å². The number of nitrogens with zero attached hydrogens (tertiary/aromatic N) is 4. The zero-order chi connectivity index (χ0) is 26.1. The van der Waals surface area contributed by atoms with Crippen LogP contribution in [0.1, 0.15) is 16.1 Å². The van der Waals surface area contributed by atoms with E-state index in [9.17, 15) is 4.79 Å². The number of carbonyl (C=O) groups is 1. The fraction of sp³-hybridized carbons (Fsp3) is 0.103. The summed E-state index contributed by atoms with van der Waals surface area (Å²) >= 11 is 1.17. The number of hydrogen-bond acceptors (Lipinski definition) is 8. The highest BCUT2D eigenvalue weighted by molar-refractivity contribution is 7.09. The first kappa shape index (κ1) is 23.6. The molecule has 1 N–H and O–H groups in total. The van der Waals surface area contributed by atoms with E-state index in [4.69, 9.17) is 14.6 Å². The van der Waals surface area contributed by atoms with Gasteiger partial charge in [0.05, 0.1) is 25.5 Å². The summed E-state index contributed by atoms with van der Waals surface area (Å²) < 4.78 is 16.2. The SMILES string of the molecule is COc1ccc(C2=C(Nc3nc(OC)ns3)Cc3c(-c4ccccc4)c(-c4ccccc4)nn3C2=O)cc1. The smallest absolute Gasteiger partial charge is 0.329 e. The summed E-state index contributed by atoms with van der Waals surface area (Å²) in [5.41, 5.74) is 6.38. The van der Waals surface area contributed by atoms with E-state index in [2.05, 4.69) is 14.7 Å². The summed E-state index contributed by atoms with van der Waals surface area (Å²) in [6.45, 7) is 0. The molecule has 0 saturated carbocycles. The van der Waals surface area contributed by atoms with Crippen molar-refractivity contribution >= 4 is 28.1 Å². The Hall–Kier alpha value is -4.76. The predicted molar refractivity (Wildman–Crippen MR) is 147 cm³/mol. The summed E-state index contributed by atoms with van der Waals surface area (Å²) in [7, 11) is 3.13. The Morgan fingerprint density at radius 2 is 1.53 bits per heavy atom. The number of fused-ring (bicyclic) bond motifs is 1. The zero-order valence-corrected chi connectivity index (χ0v) is 21.5. The number of allylic oxidation sites excluding steroid dienone is 2. The maximum Gasteiger partial charge on any atom is 0.329 e. The third-order valence-corrected chi connectivity index (χ3v) is 6.98. The molecule has 0 aliphatic carbocycles. The van der Waals surface area contributed by atoms with E-state index in [0.717, 1.165) is 33.6 Å². The summed E-state index contributed by atoms with van der Waals surface area (Å²) in [5, 5.41) is 8.78. The van der Waals surface area contributed by atoms with E-state index < -0.39 is 0 Å². The molecule has 0 bridgehead atoms. The molecule has 8 nitrogen and oxygen atoms in total. The lowest BCUT2D eigenvalue weighted by molar-refractivity contribution is 0.0958. The number of methoxy groups -OCH3 is 2. The van der Waals surface area contributed by atoms with Gasteiger partial charge in [-0.1, -0.05) is 72.8 Å². The van der Waals surface area contributed by atoms with Gasteiger partial charge >= 0.3 is 6.01 Å². The molecule has 3 aromatic carbocycles. The van der Waals surface area contributed by atoms with Crippen LogP contribution >= 0.6 is 11.5 Å². The molecule has 2 aromatic heterocycles. The van der Waals surface area contributed by atoms with Crippen molar-refractivity contribution in [3.05, 3.63) is 102 Å². The molecular formula is C29H23N5O3S.